The van der Waals surface area contributed by atoms with Crippen LogP contribution in [0.5, 0.6) is 0 Å². The molecule has 4 N–H and O–H groups in total. The van der Waals surface area contributed by atoms with Gasteiger partial charge in [0.25, 0.3) is 0 Å². The van der Waals surface area contributed by atoms with Crippen molar-refractivity contribution >= 4 is 10.0 Å². The van der Waals surface area contributed by atoms with Crippen LogP contribution < -0.4 is 10.5 Å². The van der Waals surface area contributed by atoms with E-state index in [9.17, 15) is 8.42 Å². The molecule has 0 unspecified atom stereocenters. The molecule has 0 radical (unpaired) electrons. The number of hydrogen-bond donors (Lipinski definition) is 3. The molecule has 1 saturated carbocycles. The largest absolute Gasteiger partial charge is 0.363 e. The molecule has 0 aliphatic heterocycles. The summed E-state index contributed by atoms with van der Waals surface area (Å²) in [4.78, 5) is 3.16. The van der Waals surface area contributed by atoms with Crippen molar-refractivity contribution < 1.29 is 8.42 Å². The van der Waals surface area contributed by atoms with Gasteiger partial charge in [-0.2, -0.15) is 0 Å². The summed E-state index contributed by atoms with van der Waals surface area (Å²) in [6, 6.07) is 1.68. The van der Waals surface area contributed by atoms with E-state index in [2.05, 4.69) is 16.6 Å². The fourth-order valence-corrected chi connectivity index (χ4v) is 4.28. The SMILES string of the molecule is CCCC1CCC(NS(=O)(=O)c2c[nH]c(CN)c2)CC1. The molecule has 1 heterocycles. The molecule has 1 aromatic heterocycles. The molecule has 5 nitrogen and oxygen atoms in total. The number of sulfonamides is 1. The van der Waals surface area contributed by atoms with Gasteiger partial charge < -0.3 is 10.7 Å². The van der Waals surface area contributed by atoms with Crippen LogP contribution in [0.4, 0.5) is 0 Å². The van der Waals surface area contributed by atoms with E-state index in [0.29, 0.717) is 6.54 Å². The van der Waals surface area contributed by atoms with Crippen molar-refractivity contribution in [3.8, 4) is 0 Å². The first-order chi connectivity index (χ1) is 9.55. The maximum atomic E-state index is 12.3. The van der Waals surface area contributed by atoms with E-state index in [1.54, 1.807) is 6.07 Å². The summed E-state index contributed by atoms with van der Waals surface area (Å²) in [5.41, 5.74) is 6.22. The Bertz CT molecular complexity index is 516. The molecule has 0 bridgehead atoms. The van der Waals surface area contributed by atoms with Gasteiger partial charge in [-0.3, -0.25) is 0 Å². The molecule has 6 heteroatoms. The lowest BCUT2D eigenvalue weighted by atomic mass is 9.84. The maximum absolute atomic E-state index is 12.3. The molecular weight excluding hydrogens is 274 g/mol. The number of nitrogens with two attached hydrogens (primary N) is 1. The zero-order valence-electron chi connectivity index (χ0n) is 12.1. The Morgan fingerprint density at radius 1 is 1.35 bits per heavy atom. The summed E-state index contributed by atoms with van der Waals surface area (Å²) in [7, 11) is -3.42. The molecule has 0 amide bonds. The summed E-state index contributed by atoms with van der Waals surface area (Å²) in [5, 5.41) is 0. The van der Waals surface area contributed by atoms with E-state index < -0.39 is 10.0 Å². The third-order valence-corrected chi connectivity index (χ3v) is 5.61. The average Bonchev–Trinajstić information content (AvgIpc) is 2.91. The minimum Gasteiger partial charge on any atom is -0.363 e. The molecule has 114 valence electrons. The highest BCUT2D eigenvalue weighted by Gasteiger charge is 2.25. The van der Waals surface area contributed by atoms with Gasteiger partial charge in [0.05, 0.1) is 4.90 Å². The molecule has 1 fully saturated rings. The molecule has 1 aliphatic carbocycles. The summed E-state index contributed by atoms with van der Waals surface area (Å²) in [6.07, 6.45) is 8.12. The van der Waals surface area contributed by atoms with Gasteiger partial charge in [0.15, 0.2) is 0 Å². The van der Waals surface area contributed by atoms with Gasteiger partial charge in [-0.25, -0.2) is 13.1 Å². The summed E-state index contributed by atoms with van der Waals surface area (Å²) in [6.45, 7) is 2.52. The lowest BCUT2D eigenvalue weighted by Crippen LogP contribution is -2.37. The van der Waals surface area contributed by atoms with Crippen LogP contribution in [0.3, 0.4) is 0 Å². The highest BCUT2D eigenvalue weighted by Crippen LogP contribution is 2.28. The van der Waals surface area contributed by atoms with Gasteiger partial charge in [-0.1, -0.05) is 19.8 Å². The number of aromatic amines is 1. The van der Waals surface area contributed by atoms with Gasteiger partial charge in [-0.15, -0.1) is 0 Å². The third-order valence-electron chi connectivity index (χ3n) is 4.11. The fraction of sp³-hybridized carbons (Fsp3) is 0.714. The molecule has 0 saturated heterocycles. The molecule has 1 aliphatic rings. The van der Waals surface area contributed by atoms with Crippen molar-refractivity contribution in [1.82, 2.24) is 9.71 Å². The molecule has 0 spiro atoms. The molecular formula is C14H25N3O2S. The van der Waals surface area contributed by atoms with Crippen LogP contribution in [0.1, 0.15) is 51.1 Å². The predicted molar refractivity (Wildman–Crippen MR) is 79.7 cm³/mol. The zero-order chi connectivity index (χ0) is 14.6. The summed E-state index contributed by atoms with van der Waals surface area (Å²) in [5.74, 6) is 0.775. The fourth-order valence-electron chi connectivity index (χ4n) is 2.96. The topological polar surface area (TPSA) is 88.0 Å². The van der Waals surface area contributed by atoms with E-state index in [-0.39, 0.29) is 10.9 Å². The minimum atomic E-state index is -3.42. The standard InChI is InChI=1S/C14H25N3O2S/c1-2-3-11-4-6-12(7-5-11)17-20(18,19)14-8-13(9-15)16-10-14/h8,10-12,16-17H,2-7,9,15H2,1H3. The van der Waals surface area contributed by atoms with Crippen LogP contribution >= 0.6 is 0 Å². The molecule has 0 atom stereocenters. The van der Waals surface area contributed by atoms with Crippen molar-refractivity contribution in [2.45, 2.75) is 62.9 Å². The van der Waals surface area contributed by atoms with Crippen LogP contribution in [0.2, 0.25) is 0 Å². The monoisotopic (exact) mass is 299 g/mol. The van der Waals surface area contributed by atoms with Gasteiger partial charge in [-0.05, 0) is 37.7 Å². The first kappa shape index (κ1) is 15.5. The highest BCUT2D eigenvalue weighted by atomic mass is 32.2. The van der Waals surface area contributed by atoms with Crippen LogP contribution in [-0.4, -0.2) is 19.4 Å². The van der Waals surface area contributed by atoms with E-state index in [4.69, 9.17) is 5.73 Å². The number of hydrogen-bond acceptors (Lipinski definition) is 3. The third kappa shape index (κ3) is 3.84. The van der Waals surface area contributed by atoms with E-state index >= 15 is 0 Å². The second-order valence-electron chi connectivity index (χ2n) is 5.69. The molecule has 2 rings (SSSR count). The predicted octanol–water partition coefficient (Wildman–Crippen LogP) is 2.11. The van der Waals surface area contributed by atoms with Gasteiger partial charge in [0, 0.05) is 24.5 Å². The second kappa shape index (κ2) is 6.74. The molecule has 0 aromatic carbocycles. The van der Waals surface area contributed by atoms with E-state index in [1.165, 1.54) is 19.0 Å². The number of aromatic nitrogens is 1. The summed E-state index contributed by atoms with van der Waals surface area (Å²) < 4.78 is 27.4. The second-order valence-corrected chi connectivity index (χ2v) is 7.41. The van der Waals surface area contributed by atoms with Crippen molar-refractivity contribution in [3.05, 3.63) is 18.0 Å². The van der Waals surface area contributed by atoms with Crippen LogP contribution in [0, 0.1) is 5.92 Å². The van der Waals surface area contributed by atoms with Crippen molar-refractivity contribution in [2.24, 2.45) is 11.7 Å². The van der Waals surface area contributed by atoms with Crippen molar-refractivity contribution in [1.29, 1.82) is 0 Å². The Balaban J connectivity index is 1.92. The summed E-state index contributed by atoms with van der Waals surface area (Å²) >= 11 is 0. The highest BCUT2D eigenvalue weighted by molar-refractivity contribution is 7.89. The number of rotatable bonds is 6. The van der Waals surface area contributed by atoms with E-state index in [0.717, 1.165) is 37.3 Å². The Morgan fingerprint density at radius 3 is 2.60 bits per heavy atom. The van der Waals surface area contributed by atoms with Crippen LogP contribution in [0.25, 0.3) is 0 Å². The Kier molecular flexibility index (Phi) is 5.23. The van der Waals surface area contributed by atoms with Crippen molar-refractivity contribution in [3.63, 3.8) is 0 Å². The number of nitrogens with one attached hydrogen (secondary N) is 2. The van der Waals surface area contributed by atoms with Crippen molar-refractivity contribution in [2.75, 3.05) is 0 Å². The van der Waals surface area contributed by atoms with Gasteiger partial charge >= 0.3 is 0 Å². The molecule has 20 heavy (non-hydrogen) atoms. The Labute approximate surface area is 121 Å². The van der Waals surface area contributed by atoms with E-state index in [1.807, 2.05) is 0 Å². The normalized spacial score (nSPS) is 23.9. The minimum absolute atomic E-state index is 0.0735. The lowest BCUT2D eigenvalue weighted by molar-refractivity contribution is 0.297. The Hall–Kier alpha value is -0.850. The van der Waals surface area contributed by atoms with Crippen LogP contribution in [-0.2, 0) is 16.6 Å². The molecule has 1 aromatic rings. The first-order valence-electron chi connectivity index (χ1n) is 7.45. The number of H-pyrrole nitrogens is 1. The maximum Gasteiger partial charge on any atom is 0.242 e. The quantitative estimate of drug-likeness (QED) is 0.751. The van der Waals surface area contributed by atoms with Crippen LogP contribution in [0.15, 0.2) is 17.2 Å². The smallest absolute Gasteiger partial charge is 0.242 e. The first-order valence-corrected chi connectivity index (χ1v) is 8.93. The zero-order valence-corrected chi connectivity index (χ0v) is 12.9. The lowest BCUT2D eigenvalue weighted by Gasteiger charge is -2.28. The average molecular weight is 299 g/mol. The van der Waals surface area contributed by atoms with Gasteiger partial charge in [0.2, 0.25) is 10.0 Å². The van der Waals surface area contributed by atoms with Gasteiger partial charge in [0.1, 0.15) is 0 Å². The Morgan fingerprint density at radius 2 is 2.05 bits per heavy atom.